The number of ketones is 3. The lowest BCUT2D eigenvalue weighted by Gasteiger charge is -2.41. The first kappa shape index (κ1) is 78.0. The second kappa shape index (κ2) is 38.1. The van der Waals surface area contributed by atoms with Gasteiger partial charge in [-0.2, -0.15) is 0 Å². The average molecular weight is 1310 g/mol. The Hall–Kier alpha value is -7.44. The molecule has 514 valence electrons. The molecule has 0 aliphatic carbocycles. The van der Waals surface area contributed by atoms with Gasteiger partial charge in [-0.15, -0.1) is 0 Å². The fourth-order valence-electron chi connectivity index (χ4n) is 12.0. The van der Waals surface area contributed by atoms with E-state index < -0.39 is 71.5 Å². The van der Waals surface area contributed by atoms with E-state index in [4.69, 9.17) is 32.2 Å². The number of unbranched alkanes of at least 4 members (excludes halogenated alkanes) is 2. The first-order valence-electron chi connectivity index (χ1n) is 32.7. The number of Topliss-reactive ketones (excluding diaryl/α,β-unsaturated/α-hetero) is 3. The summed E-state index contributed by atoms with van der Waals surface area (Å²) in [7, 11) is 4.81. The highest BCUT2D eigenvalue weighted by Crippen LogP contribution is 2.32. The fourth-order valence-corrected chi connectivity index (χ4v) is 12.3. The molecule has 2 aliphatic rings. The number of primary amides is 1. The summed E-state index contributed by atoms with van der Waals surface area (Å²) in [6.45, 7) is 18.5. The van der Waals surface area contributed by atoms with Crippen LogP contribution in [0.1, 0.15) is 157 Å². The lowest BCUT2D eigenvalue weighted by atomic mass is 9.83. The molecule has 0 aromatic heterocycles. The lowest BCUT2D eigenvalue weighted by Crippen LogP contribution is -2.55. The second-order valence-electron chi connectivity index (χ2n) is 26.0. The molecule has 4 rings (SSSR count). The van der Waals surface area contributed by atoms with E-state index in [-0.39, 0.29) is 123 Å². The molecule has 93 heavy (non-hydrogen) atoms. The zero-order chi connectivity index (χ0) is 69.3. The molecule has 10 atom stereocenters. The summed E-state index contributed by atoms with van der Waals surface area (Å²) < 4.78 is 17.8. The number of likely N-dealkylation sites (N-methyl/N-ethyl adjacent to an activating group) is 1. The summed E-state index contributed by atoms with van der Waals surface area (Å²) in [5, 5.41) is 14.1. The topological polar surface area (TPSA) is 311 Å². The van der Waals surface area contributed by atoms with Gasteiger partial charge in [0.15, 0.2) is 17.3 Å². The lowest BCUT2D eigenvalue weighted by molar-refractivity contribution is -0.148. The van der Waals surface area contributed by atoms with Gasteiger partial charge in [-0.05, 0) is 107 Å². The molecule has 2 aromatic carbocycles. The number of carbonyl (C=O) groups excluding carboxylic acids is 11. The molecule has 2 heterocycles. The molecule has 1 saturated heterocycles. The van der Waals surface area contributed by atoms with Gasteiger partial charge in [-0.1, -0.05) is 116 Å². The van der Waals surface area contributed by atoms with Crippen LogP contribution in [0.3, 0.4) is 0 Å². The summed E-state index contributed by atoms with van der Waals surface area (Å²) in [6.07, 6.45) is 4.65. The van der Waals surface area contributed by atoms with Crippen LogP contribution in [0.25, 0.3) is 0 Å². The van der Waals surface area contributed by atoms with Gasteiger partial charge in [-0.3, -0.25) is 48.1 Å². The number of thiocarbonyl (C=S) groups is 1. The summed E-state index contributed by atoms with van der Waals surface area (Å²) in [5.74, 6) is -5.58. The summed E-state index contributed by atoms with van der Waals surface area (Å²) in [6, 6.07) is 13.1. The van der Waals surface area contributed by atoms with E-state index in [0.29, 0.717) is 67.7 Å². The number of methoxy groups -OCH3 is 2. The van der Waals surface area contributed by atoms with Crippen LogP contribution in [0.4, 0.5) is 15.3 Å². The van der Waals surface area contributed by atoms with Crippen molar-refractivity contribution >= 4 is 87.8 Å². The van der Waals surface area contributed by atoms with Gasteiger partial charge in [0.2, 0.25) is 23.6 Å². The van der Waals surface area contributed by atoms with E-state index in [1.807, 2.05) is 69.9 Å². The van der Waals surface area contributed by atoms with Crippen molar-refractivity contribution in [2.45, 2.75) is 201 Å². The van der Waals surface area contributed by atoms with Gasteiger partial charge in [0, 0.05) is 95.8 Å². The number of imide groups is 1. The Morgan fingerprint density at radius 3 is 2.04 bits per heavy atom. The number of nitrogens with zero attached hydrogens (tertiary/aromatic N) is 3. The second-order valence-corrected chi connectivity index (χ2v) is 26.4. The predicted molar refractivity (Wildman–Crippen MR) is 358 cm³/mol. The highest BCUT2D eigenvalue weighted by Gasteiger charge is 2.44. The molecule has 23 nitrogen and oxygen atoms in total. The zero-order valence-corrected chi connectivity index (χ0v) is 57.7. The maximum Gasteiger partial charge on any atom is 0.408 e. The van der Waals surface area contributed by atoms with Crippen LogP contribution in [0.2, 0.25) is 0 Å². The number of hydrogen-bond donors (Lipinski definition) is 6. The molecule has 0 radical (unpaired) electrons. The van der Waals surface area contributed by atoms with Crippen LogP contribution in [0, 0.1) is 35.5 Å². The Morgan fingerprint density at radius 1 is 0.806 bits per heavy atom. The standard InChI is InChI=1S/C69H103N9O14S/c1-14-44(6)62(55(90-12)40-60(85)77-36-22-26-53(77)63(91-13)45(7)65(93)73-52(46(8)79)37-47-23-17-15-18-24-47)76(11)66(87)51(42(2)3)39-56(81)69(9,10)75-68(89)92-41-48-28-30-50(31-29-48)72-64(86)49(25-21-34-71-67(70)88)38-54(80)61(43(4)5)74-57(82)27-19-16-20-35-78-58(83)32-33-59(78)84/h15,17-18,23-24,28-33,42-45,49,51-53,55,61-63H,14,16,19-22,25-27,34-41H2,1-13H3,(H,72,86)(H,73,93)(H,74,82)(H,75,89)(H3,70,71,88)/t44-,45+,49+,51-,52-,53-,55+,61-,62-,63+/m0/s1. The van der Waals surface area contributed by atoms with Gasteiger partial charge in [-0.25, -0.2) is 9.59 Å². The zero-order valence-electron chi connectivity index (χ0n) is 56.8. The van der Waals surface area contributed by atoms with Crippen LogP contribution in [-0.2, 0) is 70.4 Å². The van der Waals surface area contributed by atoms with Gasteiger partial charge >= 0.3 is 12.1 Å². The highest BCUT2D eigenvalue weighted by atomic mass is 32.1. The van der Waals surface area contributed by atoms with Crippen molar-refractivity contribution in [3.8, 4) is 0 Å². The number of nitrogens with one attached hydrogen (secondary N) is 5. The van der Waals surface area contributed by atoms with Gasteiger partial charge in [0.1, 0.15) is 6.61 Å². The maximum absolute atomic E-state index is 14.8. The Morgan fingerprint density at radius 2 is 1.46 bits per heavy atom. The first-order valence-corrected chi connectivity index (χ1v) is 33.1. The number of alkyl carbamates (subject to hydrolysis) is 1. The van der Waals surface area contributed by atoms with E-state index in [2.05, 4.69) is 26.6 Å². The molecule has 1 fully saturated rings. The summed E-state index contributed by atoms with van der Waals surface area (Å²) >= 11 is 5.90. The van der Waals surface area contributed by atoms with Crippen LogP contribution < -0.4 is 32.3 Å². The fraction of sp³-hybridized carbons (Fsp3) is 0.623. The normalized spacial score (nSPS) is 16.9. The summed E-state index contributed by atoms with van der Waals surface area (Å²) in [4.78, 5) is 150. The van der Waals surface area contributed by atoms with Crippen molar-refractivity contribution in [2.75, 3.05) is 46.2 Å². The Kier molecular flexibility index (Phi) is 31.9. The molecule has 24 heteroatoms. The number of hydrogen-bond acceptors (Lipinski definition) is 15. The van der Waals surface area contributed by atoms with E-state index in [1.165, 1.54) is 40.0 Å². The molecule has 0 spiro atoms. The SMILES string of the molecule is CC[C@H](C)[C@@H]([C@@H](CC(=O)N1CCC[C@H]1[C@H](OC)[C@@H](C)C(=S)N[C@@H](Cc1ccccc1)C(C)=O)OC)N(C)C(=O)[C@@H](CC(=O)C(C)(C)NC(=O)OCc1ccc(NC(=O)[C@H](CCCNC(N)=O)CC(=O)[C@@H](NC(=O)CCCCCN2C(=O)C=CC2=O)C(C)C)cc1)C(C)C. The maximum atomic E-state index is 14.8. The highest BCUT2D eigenvalue weighted by molar-refractivity contribution is 7.80. The van der Waals surface area contributed by atoms with E-state index in [9.17, 15) is 52.7 Å². The van der Waals surface area contributed by atoms with Crippen LogP contribution in [0.5, 0.6) is 0 Å². The third-order valence-electron chi connectivity index (χ3n) is 17.9. The van der Waals surface area contributed by atoms with Crippen molar-refractivity contribution in [3.05, 3.63) is 77.9 Å². The van der Waals surface area contributed by atoms with Crippen molar-refractivity contribution in [1.82, 2.24) is 36.0 Å². The molecule has 2 aliphatic heterocycles. The van der Waals surface area contributed by atoms with Gasteiger partial charge in [0.05, 0.1) is 53.3 Å². The minimum absolute atomic E-state index is 0.0316. The molecule has 0 bridgehead atoms. The Labute approximate surface area is 554 Å². The third-order valence-corrected chi connectivity index (χ3v) is 18.4. The minimum atomic E-state index is -1.47. The monoisotopic (exact) mass is 1310 g/mol. The number of rotatable bonds is 40. The predicted octanol–water partition coefficient (Wildman–Crippen LogP) is 7.55. The quantitative estimate of drug-likeness (QED) is 0.0213. The number of ether oxygens (including phenoxy) is 3. The van der Waals surface area contributed by atoms with E-state index in [0.717, 1.165) is 16.9 Å². The van der Waals surface area contributed by atoms with Gasteiger partial charge < -0.3 is 56.3 Å². The average Bonchev–Trinajstić information content (AvgIpc) is 1.79. The number of amides is 9. The number of likely N-dealkylation sites (tertiary alicyclic amines) is 1. The molecular weight excluding hydrogens is 1210 g/mol. The molecule has 9 amide bonds. The Bertz CT molecular complexity index is 2900. The van der Waals surface area contributed by atoms with E-state index in [1.54, 1.807) is 57.2 Å². The summed E-state index contributed by atoms with van der Waals surface area (Å²) in [5.41, 5.74) is 5.70. The third kappa shape index (κ3) is 24.1. The van der Waals surface area contributed by atoms with Crippen molar-refractivity contribution in [3.63, 3.8) is 0 Å². The van der Waals surface area contributed by atoms with Crippen molar-refractivity contribution in [1.29, 1.82) is 0 Å². The number of urea groups is 1. The van der Waals surface area contributed by atoms with Crippen LogP contribution in [0.15, 0.2) is 66.7 Å². The number of anilines is 1. The molecular formula is C69H103N9O14S. The van der Waals surface area contributed by atoms with Crippen molar-refractivity contribution in [2.24, 2.45) is 41.2 Å². The number of carbonyl (C=O) groups is 11. The molecule has 0 saturated carbocycles. The first-order chi connectivity index (χ1) is 43.9. The van der Waals surface area contributed by atoms with Crippen LogP contribution >= 0.6 is 12.2 Å². The smallest absolute Gasteiger partial charge is 0.408 e. The molecule has 0 unspecified atom stereocenters. The minimum Gasteiger partial charge on any atom is -0.445 e. The van der Waals surface area contributed by atoms with Gasteiger partial charge in [0.25, 0.3) is 11.8 Å². The number of benzene rings is 2. The van der Waals surface area contributed by atoms with Crippen LogP contribution in [-0.4, -0.2) is 167 Å². The molecule has 2 aromatic rings. The molecule has 7 N–H and O–H groups in total. The Balaban J connectivity index is 1.34. The largest absolute Gasteiger partial charge is 0.445 e. The van der Waals surface area contributed by atoms with E-state index >= 15 is 0 Å². The number of nitrogens with two attached hydrogens (primary N) is 1. The van der Waals surface area contributed by atoms with Crippen molar-refractivity contribution < 1.29 is 67.0 Å².